The van der Waals surface area contributed by atoms with Crippen LogP contribution in [0.4, 0.5) is 11.5 Å². The van der Waals surface area contributed by atoms with E-state index in [4.69, 9.17) is 10.5 Å². The Hall–Kier alpha value is -2.27. The van der Waals surface area contributed by atoms with Gasteiger partial charge in [0.15, 0.2) is 0 Å². The number of ether oxygens (including phenoxy) is 1. The molecule has 0 aliphatic carbocycles. The average Bonchev–Trinajstić information content (AvgIpc) is 2.49. The van der Waals surface area contributed by atoms with Crippen molar-refractivity contribution >= 4 is 29.8 Å². The van der Waals surface area contributed by atoms with Crippen LogP contribution in [0.2, 0.25) is 0 Å². The van der Waals surface area contributed by atoms with Gasteiger partial charge in [-0.3, -0.25) is 4.79 Å². The van der Waals surface area contributed by atoms with E-state index < -0.39 is 0 Å². The van der Waals surface area contributed by atoms with Gasteiger partial charge in [0.05, 0.1) is 18.5 Å². The van der Waals surface area contributed by atoms with E-state index in [2.05, 4.69) is 10.3 Å². The van der Waals surface area contributed by atoms with Crippen LogP contribution in [-0.4, -0.2) is 17.5 Å². The quantitative estimate of drug-likeness (QED) is 0.758. The summed E-state index contributed by atoms with van der Waals surface area (Å²) < 4.78 is 5.64. The second-order valence-corrected chi connectivity index (χ2v) is 5.14. The number of aryl methyl sites for hydroxylation is 1. The first-order valence-electron chi connectivity index (χ1n) is 7.34. The lowest BCUT2D eigenvalue weighted by Gasteiger charge is -2.07. The summed E-state index contributed by atoms with van der Waals surface area (Å²) in [5, 5.41) is 2.79. The molecule has 0 spiro atoms. The molecule has 1 amide bonds. The molecule has 6 heteroatoms. The van der Waals surface area contributed by atoms with E-state index in [-0.39, 0.29) is 18.3 Å². The maximum atomic E-state index is 11.8. The van der Waals surface area contributed by atoms with Crippen LogP contribution in [0.15, 0.2) is 42.6 Å². The highest BCUT2D eigenvalue weighted by atomic mass is 35.5. The Morgan fingerprint density at radius 1 is 1.26 bits per heavy atom. The summed E-state index contributed by atoms with van der Waals surface area (Å²) in [5.41, 5.74) is 7.33. The molecule has 0 fully saturated rings. The summed E-state index contributed by atoms with van der Waals surface area (Å²) in [6.45, 7) is 2.64. The van der Waals surface area contributed by atoms with Gasteiger partial charge in [-0.2, -0.15) is 0 Å². The predicted molar refractivity (Wildman–Crippen MR) is 95.1 cm³/mol. The van der Waals surface area contributed by atoms with Gasteiger partial charge in [-0.1, -0.05) is 12.1 Å². The molecule has 0 aliphatic rings. The number of carbonyl (C=O) groups is 1. The van der Waals surface area contributed by atoms with Gasteiger partial charge in [0, 0.05) is 6.42 Å². The summed E-state index contributed by atoms with van der Waals surface area (Å²) >= 11 is 0. The van der Waals surface area contributed by atoms with Crippen molar-refractivity contribution in [1.29, 1.82) is 0 Å². The van der Waals surface area contributed by atoms with Gasteiger partial charge in [0.25, 0.3) is 0 Å². The average molecular weight is 336 g/mol. The minimum absolute atomic E-state index is 0. The monoisotopic (exact) mass is 335 g/mol. The van der Waals surface area contributed by atoms with Gasteiger partial charge in [0.2, 0.25) is 5.91 Å². The third-order valence-corrected chi connectivity index (χ3v) is 3.13. The number of hydrogen-bond acceptors (Lipinski definition) is 4. The Balaban J connectivity index is 0.00000264. The molecule has 0 radical (unpaired) electrons. The normalized spacial score (nSPS) is 9.78. The van der Waals surface area contributed by atoms with Crippen molar-refractivity contribution in [3.63, 3.8) is 0 Å². The van der Waals surface area contributed by atoms with Crippen LogP contribution < -0.4 is 15.8 Å². The Kier molecular flexibility index (Phi) is 7.91. The number of carbonyl (C=O) groups excluding carboxylic acids is 1. The van der Waals surface area contributed by atoms with Crippen molar-refractivity contribution in [2.24, 2.45) is 0 Å². The number of nitrogens with two attached hydrogens (primary N) is 1. The zero-order valence-electron chi connectivity index (χ0n) is 13.1. The summed E-state index contributed by atoms with van der Waals surface area (Å²) in [6, 6.07) is 11.3. The van der Waals surface area contributed by atoms with Crippen LogP contribution in [0.25, 0.3) is 0 Å². The standard InChI is InChI=1S/C17H21N3O2.ClH/c1-13-5-4-6-15(11-13)22-10-3-2-7-17(21)20-14-8-9-16(18)19-12-14;/h4-6,8-9,11-12H,2-3,7,10H2,1H3,(H2,18,19)(H,20,21);1H. The van der Waals surface area contributed by atoms with Gasteiger partial charge in [-0.15, -0.1) is 12.4 Å². The van der Waals surface area contributed by atoms with E-state index >= 15 is 0 Å². The molecule has 2 aromatic rings. The molecule has 2 rings (SSSR count). The zero-order chi connectivity index (χ0) is 15.8. The first-order chi connectivity index (χ1) is 10.6. The summed E-state index contributed by atoms with van der Waals surface area (Å²) in [6.07, 6.45) is 3.62. The minimum Gasteiger partial charge on any atom is -0.494 e. The number of nitrogen functional groups attached to an aromatic ring is 1. The third kappa shape index (κ3) is 7.02. The maximum absolute atomic E-state index is 11.8. The van der Waals surface area contributed by atoms with Gasteiger partial charge in [0.1, 0.15) is 11.6 Å². The van der Waals surface area contributed by atoms with Gasteiger partial charge >= 0.3 is 0 Å². The lowest BCUT2D eigenvalue weighted by atomic mass is 10.2. The van der Waals surface area contributed by atoms with Gasteiger partial charge in [-0.25, -0.2) is 4.98 Å². The second-order valence-electron chi connectivity index (χ2n) is 5.14. The lowest BCUT2D eigenvalue weighted by Crippen LogP contribution is -2.12. The largest absolute Gasteiger partial charge is 0.494 e. The second kappa shape index (κ2) is 9.69. The highest BCUT2D eigenvalue weighted by Crippen LogP contribution is 2.13. The Labute approximate surface area is 142 Å². The van der Waals surface area contributed by atoms with Crippen molar-refractivity contribution in [3.05, 3.63) is 48.2 Å². The molecule has 0 bridgehead atoms. The molecule has 0 saturated heterocycles. The molecular weight excluding hydrogens is 314 g/mol. The van der Waals surface area contributed by atoms with Crippen LogP contribution in [0.3, 0.4) is 0 Å². The molecule has 124 valence electrons. The van der Waals surface area contributed by atoms with Crippen molar-refractivity contribution < 1.29 is 9.53 Å². The van der Waals surface area contributed by atoms with E-state index in [1.165, 1.54) is 5.56 Å². The highest BCUT2D eigenvalue weighted by molar-refractivity contribution is 5.90. The topological polar surface area (TPSA) is 77.2 Å². The number of nitrogens with one attached hydrogen (secondary N) is 1. The molecule has 0 atom stereocenters. The first kappa shape index (κ1) is 18.8. The smallest absolute Gasteiger partial charge is 0.224 e. The molecule has 0 saturated carbocycles. The van der Waals surface area contributed by atoms with E-state index in [9.17, 15) is 4.79 Å². The van der Waals surface area contributed by atoms with Gasteiger partial charge in [-0.05, 0) is 49.6 Å². The number of hydrogen-bond donors (Lipinski definition) is 2. The molecule has 0 unspecified atom stereocenters. The van der Waals surface area contributed by atoms with Crippen LogP contribution in [-0.2, 0) is 4.79 Å². The summed E-state index contributed by atoms with van der Waals surface area (Å²) in [4.78, 5) is 15.7. The number of unbranched alkanes of at least 4 members (excludes halogenated alkanes) is 1. The molecule has 1 aromatic carbocycles. The van der Waals surface area contributed by atoms with E-state index in [1.807, 2.05) is 31.2 Å². The number of nitrogens with zero attached hydrogens (tertiary/aromatic N) is 1. The van der Waals surface area contributed by atoms with Crippen molar-refractivity contribution in [2.45, 2.75) is 26.2 Å². The van der Waals surface area contributed by atoms with Crippen LogP contribution in [0, 0.1) is 6.92 Å². The minimum atomic E-state index is -0.0258. The molecule has 1 heterocycles. The fourth-order valence-electron chi connectivity index (χ4n) is 1.99. The summed E-state index contributed by atoms with van der Waals surface area (Å²) in [5.74, 6) is 1.28. The fraction of sp³-hybridized carbons (Fsp3) is 0.294. The van der Waals surface area contributed by atoms with Crippen molar-refractivity contribution in [1.82, 2.24) is 4.98 Å². The Morgan fingerprint density at radius 3 is 2.78 bits per heavy atom. The summed E-state index contributed by atoms with van der Waals surface area (Å²) in [7, 11) is 0. The Morgan fingerprint density at radius 2 is 2.09 bits per heavy atom. The number of anilines is 2. The highest BCUT2D eigenvalue weighted by Gasteiger charge is 2.03. The number of aromatic nitrogens is 1. The molecule has 3 N–H and O–H groups in total. The van der Waals surface area contributed by atoms with E-state index in [1.54, 1.807) is 18.3 Å². The molecule has 23 heavy (non-hydrogen) atoms. The number of halogens is 1. The predicted octanol–water partition coefficient (Wildman–Crippen LogP) is 3.58. The number of benzene rings is 1. The van der Waals surface area contributed by atoms with Crippen LogP contribution >= 0.6 is 12.4 Å². The third-order valence-electron chi connectivity index (χ3n) is 3.13. The van der Waals surface area contributed by atoms with Crippen molar-refractivity contribution in [3.8, 4) is 5.75 Å². The number of rotatable bonds is 7. The van der Waals surface area contributed by atoms with Crippen LogP contribution in [0.5, 0.6) is 5.75 Å². The van der Waals surface area contributed by atoms with E-state index in [0.29, 0.717) is 24.5 Å². The molecular formula is C17H22ClN3O2. The molecule has 5 nitrogen and oxygen atoms in total. The molecule has 0 aliphatic heterocycles. The lowest BCUT2D eigenvalue weighted by molar-refractivity contribution is -0.116. The van der Waals surface area contributed by atoms with Crippen molar-refractivity contribution in [2.75, 3.05) is 17.7 Å². The fourth-order valence-corrected chi connectivity index (χ4v) is 1.99. The van der Waals surface area contributed by atoms with E-state index in [0.717, 1.165) is 18.6 Å². The first-order valence-corrected chi connectivity index (χ1v) is 7.34. The Bertz CT molecular complexity index is 617. The van der Waals surface area contributed by atoms with Gasteiger partial charge < -0.3 is 15.8 Å². The SMILES string of the molecule is Cc1cccc(OCCCCC(=O)Nc2ccc(N)nc2)c1.Cl. The zero-order valence-corrected chi connectivity index (χ0v) is 13.9. The van der Waals surface area contributed by atoms with Crippen LogP contribution in [0.1, 0.15) is 24.8 Å². The molecule has 1 aromatic heterocycles. The number of amides is 1. The maximum Gasteiger partial charge on any atom is 0.224 e. The number of pyridine rings is 1.